The van der Waals surface area contributed by atoms with E-state index in [-0.39, 0.29) is 18.3 Å². The van der Waals surface area contributed by atoms with E-state index in [1.54, 1.807) is 21.3 Å². The van der Waals surface area contributed by atoms with E-state index >= 15 is 0 Å². The highest BCUT2D eigenvalue weighted by Gasteiger charge is 2.36. The molecule has 0 N–H and O–H groups in total. The summed E-state index contributed by atoms with van der Waals surface area (Å²) in [5.41, 5.74) is 0. The van der Waals surface area contributed by atoms with Crippen molar-refractivity contribution in [1.82, 2.24) is 0 Å². The minimum atomic E-state index is 0.154. The maximum atomic E-state index is 5.49. The molecule has 0 heterocycles. The van der Waals surface area contributed by atoms with Crippen molar-refractivity contribution in [3.8, 4) is 0 Å². The summed E-state index contributed by atoms with van der Waals surface area (Å²) in [6.07, 6.45) is 6.74. The highest BCUT2D eigenvalue weighted by Crippen LogP contribution is 2.31. The van der Waals surface area contributed by atoms with E-state index in [0.717, 1.165) is 12.8 Å². The van der Waals surface area contributed by atoms with Gasteiger partial charge in [-0.2, -0.15) is 0 Å². The lowest BCUT2D eigenvalue weighted by atomic mass is 9.82. The zero-order valence-corrected chi connectivity index (χ0v) is 10.1. The Morgan fingerprint density at radius 1 is 0.867 bits per heavy atom. The first-order valence-electron chi connectivity index (χ1n) is 5.48. The van der Waals surface area contributed by atoms with E-state index in [2.05, 4.69) is 12.2 Å². The molecule has 0 aromatic heterocycles. The van der Waals surface area contributed by atoms with Gasteiger partial charge in [-0.15, -0.1) is 0 Å². The van der Waals surface area contributed by atoms with Crippen LogP contribution in [0.4, 0.5) is 0 Å². The van der Waals surface area contributed by atoms with Crippen molar-refractivity contribution in [2.75, 3.05) is 21.3 Å². The zero-order valence-electron chi connectivity index (χ0n) is 10.1. The summed E-state index contributed by atoms with van der Waals surface area (Å²) in [5.74, 6) is 0.441. The largest absolute Gasteiger partial charge is 0.381 e. The predicted molar refractivity (Wildman–Crippen MR) is 59.9 cm³/mol. The second kappa shape index (κ2) is 6.26. The van der Waals surface area contributed by atoms with Crippen LogP contribution in [0.2, 0.25) is 0 Å². The Balaban J connectivity index is 2.67. The van der Waals surface area contributed by atoms with Crippen LogP contribution in [0.3, 0.4) is 0 Å². The summed E-state index contributed by atoms with van der Waals surface area (Å²) in [5, 5.41) is 0. The first-order chi connectivity index (χ1) is 7.26. The molecule has 4 unspecified atom stereocenters. The molecule has 0 amide bonds. The number of allylic oxidation sites excluding steroid dienone is 1. The van der Waals surface area contributed by atoms with Gasteiger partial charge >= 0.3 is 0 Å². The van der Waals surface area contributed by atoms with Gasteiger partial charge in [0.05, 0.1) is 18.3 Å². The Bertz CT molecular complexity index is 203. The average molecular weight is 214 g/mol. The molecule has 4 atom stereocenters. The third kappa shape index (κ3) is 3.03. The van der Waals surface area contributed by atoms with Gasteiger partial charge in [-0.3, -0.25) is 0 Å². The van der Waals surface area contributed by atoms with E-state index in [1.165, 1.54) is 0 Å². The minimum Gasteiger partial charge on any atom is -0.381 e. The van der Waals surface area contributed by atoms with E-state index in [1.807, 2.05) is 6.92 Å². The molecule has 0 aromatic rings. The lowest BCUT2D eigenvalue weighted by Gasteiger charge is -2.38. The van der Waals surface area contributed by atoms with Crippen LogP contribution >= 0.6 is 0 Å². The number of hydrogen-bond donors (Lipinski definition) is 0. The maximum absolute atomic E-state index is 5.49. The molecular weight excluding hydrogens is 192 g/mol. The molecule has 0 aromatic carbocycles. The molecule has 0 aliphatic heterocycles. The molecule has 1 aliphatic rings. The van der Waals surface area contributed by atoms with Gasteiger partial charge in [0.15, 0.2) is 0 Å². The quantitative estimate of drug-likeness (QED) is 0.670. The molecule has 1 rings (SSSR count). The Morgan fingerprint density at radius 3 is 1.87 bits per heavy atom. The predicted octanol–water partition coefficient (Wildman–Crippen LogP) is 2.02. The van der Waals surface area contributed by atoms with Gasteiger partial charge in [-0.1, -0.05) is 12.2 Å². The monoisotopic (exact) mass is 214 g/mol. The van der Waals surface area contributed by atoms with Crippen LogP contribution in [-0.2, 0) is 14.2 Å². The van der Waals surface area contributed by atoms with Gasteiger partial charge < -0.3 is 14.2 Å². The molecular formula is C12H22O3. The molecule has 0 bridgehead atoms. The highest BCUT2D eigenvalue weighted by molar-refractivity contribution is 4.98. The Kier molecular flexibility index (Phi) is 5.29. The molecule has 1 aliphatic carbocycles. The SMILES string of the molecule is C/C=C/C1CC(OC)C(OC)CC1OC. The smallest absolute Gasteiger partial charge is 0.0857 e. The average Bonchev–Trinajstić information content (AvgIpc) is 2.28. The van der Waals surface area contributed by atoms with E-state index in [0.29, 0.717) is 5.92 Å². The number of rotatable bonds is 4. The minimum absolute atomic E-state index is 0.154. The Labute approximate surface area is 92.4 Å². The first-order valence-corrected chi connectivity index (χ1v) is 5.48. The molecule has 1 saturated carbocycles. The second-order valence-electron chi connectivity index (χ2n) is 3.98. The lowest BCUT2D eigenvalue weighted by Crippen LogP contribution is -2.44. The maximum Gasteiger partial charge on any atom is 0.0857 e. The van der Waals surface area contributed by atoms with Crippen LogP contribution in [0, 0.1) is 5.92 Å². The van der Waals surface area contributed by atoms with E-state index < -0.39 is 0 Å². The fourth-order valence-corrected chi connectivity index (χ4v) is 2.34. The van der Waals surface area contributed by atoms with Gasteiger partial charge in [0.1, 0.15) is 0 Å². The van der Waals surface area contributed by atoms with Crippen molar-refractivity contribution in [2.45, 2.75) is 38.1 Å². The molecule has 3 heteroatoms. The van der Waals surface area contributed by atoms with Gasteiger partial charge in [-0.25, -0.2) is 0 Å². The zero-order chi connectivity index (χ0) is 11.3. The molecule has 15 heavy (non-hydrogen) atoms. The number of hydrogen-bond acceptors (Lipinski definition) is 3. The molecule has 0 radical (unpaired) electrons. The normalized spacial score (nSPS) is 37.3. The van der Waals surface area contributed by atoms with Crippen LogP contribution < -0.4 is 0 Å². The van der Waals surface area contributed by atoms with Crippen LogP contribution in [0.15, 0.2) is 12.2 Å². The van der Waals surface area contributed by atoms with E-state index in [9.17, 15) is 0 Å². The van der Waals surface area contributed by atoms with Crippen molar-refractivity contribution in [3.63, 3.8) is 0 Å². The van der Waals surface area contributed by atoms with Crippen molar-refractivity contribution in [3.05, 3.63) is 12.2 Å². The molecule has 88 valence electrons. The Morgan fingerprint density at radius 2 is 1.40 bits per heavy atom. The lowest BCUT2D eigenvalue weighted by molar-refractivity contribution is -0.108. The number of methoxy groups -OCH3 is 3. The topological polar surface area (TPSA) is 27.7 Å². The van der Waals surface area contributed by atoms with Crippen molar-refractivity contribution < 1.29 is 14.2 Å². The molecule has 0 spiro atoms. The summed E-state index contributed by atoms with van der Waals surface area (Å²) in [4.78, 5) is 0. The van der Waals surface area contributed by atoms with Gasteiger partial charge in [-0.05, 0) is 13.3 Å². The van der Waals surface area contributed by atoms with Crippen LogP contribution in [0.1, 0.15) is 19.8 Å². The second-order valence-corrected chi connectivity index (χ2v) is 3.98. The summed E-state index contributed by atoms with van der Waals surface area (Å²) < 4.78 is 16.4. The summed E-state index contributed by atoms with van der Waals surface area (Å²) in [6.45, 7) is 2.04. The standard InChI is InChI=1S/C12H22O3/c1-5-6-9-7-11(14-3)12(15-4)8-10(9)13-2/h5-6,9-12H,7-8H2,1-4H3/b6-5+. The van der Waals surface area contributed by atoms with Gasteiger partial charge in [0, 0.05) is 33.7 Å². The summed E-state index contributed by atoms with van der Waals surface area (Å²) in [7, 11) is 5.25. The van der Waals surface area contributed by atoms with Crippen LogP contribution in [0.5, 0.6) is 0 Å². The van der Waals surface area contributed by atoms with Crippen LogP contribution in [0.25, 0.3) is 0 Å². The van der Waals surface area contributed by atoms with Gasteiger partial charge in [0.25, 0.3) is 0 Å². The third-order valence-electron chi connectivity index (χ3n) is 3.21. The number of ether oxygens (including phenoxy) is 3. The van der Waals surface area contributed by atoms with Crippen molar-refractivity contribution >= 4 is 0 Å². The Hall–Kier alpha value is -0.380. The van der Waals surface area contributed by atoms with Crippen molar-refractivity contribution in [2.24, 2.45) is 5.92 Å². The third-order valence-corrected chi connectivity index (χ3v) is 3.21. The molecule has 0 saturated heterocycles. The van der Waals surface area contributed by atoms with Crippen LogP contribution in [-0.4, -0.2) is 39.6 Å². The van der Waals surface area contributed by atoms with Crippen molar-refractivity contribution in [1.29, 1.82) is 0 Å². The van der Waals surface area contributed by atoms with E-state index in [4.69, 9.17) is 14.2 Å². The molecule has 3 nitrogen and oxygen atoms in total. The summed E-state index contributed by atoms with van der Waals surface area (Å²) in [6, 6.07) is 0. The fraction of sp³-hybridized carbons (Fsp3) is 0.833. The highest BCUT2D eigenvalue weighted by atomic mass is 16.5. The summed E-state index contributed by atoms with van der Waals surface area (Å²) >= 11 is 0. The fourth-order valence-electron chi connectivity index (χ4n) is 2.34. The molecule has 1 fully saturated rings. The van der Waals surface area contributed by atoms with Gasteiger partial charge in [0.2, 0.25) is 0 Å². The first kappa shape index (κ1) is 12.7.